The highest BCUT2D eigenvalue weighted by molar-refractivity contribution is 6.37. The van der Waals surface area contributed by atoms with Crippen LogP contribution in [0.4, 0.5) is 11.4 Å². The minimum atomic E-state index is -0.715. The number of benzene rings is 6. The van der Waals surface area contributed by atoms with Crippen LogP contribution in [0.5, 0.6) is 0 Å². The second-order valence-corrected chi connectivity index (χ2v) is 14.5. The van der Waals surface area contributed by atoms with Gasteiger partial charge in [0.25, 0.3) is 0 Å². The van der Waals surface area contributed by atoms with E-state index in [0.29, 0.717) is 11.1 Å². The fourth-order valence-electron chi connectivity index (χ4n) is 8.55. The Balaban J connectivity index is 1.46. The molecule has 0 saturated carbocycles. The minimum Gasteiger partial charge on any atom is -0.775 e. The molecule has 0 aliphatic heterocycles. The topological polar surface area (TPSA) is 50.2 Å². The van der Waals surface area contributed by atoms with Crippen LogP contribution in [0.1, 0.15) is 83.3 Å². The van der Waals surface area contributed by atoms with E-state index in [4.69, 9.17) is 6.57 Å². The zero-order valence-electron chi connectivity index (χ0n) is 32.1. The van der Waals surface area contributed by atoms with Gasteiger partial charge in [-0.2, -0.15) is 0 Å². The summed E-state index contributed by atoms with van der Waals surface area (Å²) in [6, 6.07) is 34.0. The molecule has 0 bridgehead atoms. The van der Waals surface area contributed by atoms with Crippen molar-refractivity contribution in [2.75, 3.05) is 36.0 Å². The number of nitrogens with zero attached hydrogens (tertiary/aromatic N) is 4. The molecule has 5 heteroatoms. The second kappa shape index (κ2) is 16.1. The Morgan fingerprint density at radius 3 is 1.69 bits per heavy atom. The Morgan fingerprint density at radius 2 is 1.17 bits per heavy atom. The molecule has 5 nitrogen and oxygen atoms in total. The molecule has 1 aliphatic rings. The lowest BCUT2D eigenvalue weighted by molar-refractivity contribution is -0.115. The number of hydrogen-bond donors (Lipinski definition) is 0. The molecule has 272 valence electrons. The van der Waals surface area contributed by atoms with Crippen LogP contribution in [0.3, 0.4) is 0 Å². The lowest BCUT2D eigenvalue weighted by Crippen LogP contribution is -2.30. The highest BCUT2D eigenvalue weighted by Gasteiger charge is 2.43. The van der Waals surface area contributed by atoms with Gasteiger partial charge in [-0.3, -0.25) is 10.7 Å². The van der Waals surface area contributed by atoms with Gasteiger partial charge in [-0.05, 0) is 112 Å². The van der Waals surface area contributed by atoms with E-state index in [0.717, 1.165) is 112 Å². The zero-order chi connectivity index (χ0) is 37.8. The van der Waals surface area contributed by atoms with Gasteiger partial charge in [0, 0.05) is 53.9 Å². The molecular formula is C49H49N4O-. The van der Waals surface area contributed by atoms with Crippen LogP contribution in [0.2, 0.25) is 0 Å². The smallest absolute Gasteiger partial charge is 0.210 e. The zero-order valence-corrected chi connectivity index (χ0v) is 32.1. The SMILES string of the molecule is [C-]#[N+]C(=C=[N-])C1=C(c2ccc(N(CC)CC)c3cc4ccccc4cc23)C(=O)C1c1ccc(N(CCCCC)CCCCC)c2cc3ccccc3cc12. The number of allylic oxidation sites excluding steroid dienone is 2. The Bertz CT molecular complexity index is 2500. The van der Waals surface area contributed by atoms with Crippen molar-refractivity contribution in [2.24, 2.45) is 0 Å². The summed E-state index contributed by atoms with van der Waals surface area (Å²) >= 11 is 0. The van der Waals surface area contributed by atoms with Crippen molar-refractivity contribution in [2.45, 2.75) is 72.1 Å². The summed E-state index contributed by atoms with van der Waals surface area (Å²) < 4.78 is 0. The first-order chi connectivity index (χ1) is 26.5. The molecule has 6 aromatic rings. The Hall–Kier alpha value is -5.69. The predicted octanol–water partition coefficient (Wildman–Crippen LogP) is 12.5. The van der Waals surface area contributed by atoms with Crippen molar-refractivity contribution < 1.29 is 4.79 Å². The summed E-state index contributed by atoms with van der Waals surface area (Å²) in [5.41, 5.74) is 4.93. The molecule has 0 radical (unpaired) electrons. The first-order valence-corrected chi connectivity index (χ1v) is 19.8. The van der Waals surface area contributed by atoms with Crippen LogP contribution < -0.4 is 9.80 Å². The standard InChI is InChI=1S/C49H49N4O/c1-6-10-16-26-53(27-17-11-7-2)45-25-23-38(40-29-34-19-13-15-21-36(34)31-42(40)45)47-48(43(32-50)51-5)46(49(47)54)37-22-24-44(52(8-3)9-4)41-30-35-20-14-12-18-33(35)28-39(37)41/h12-15,18-25,28-31,47H,6-11,16-17,26-27H2,1-4H3/q-1. The van der Waals surface area contributed by atoms with Crippen LogP contribution in [0.25, 0.3) is 58.9 Å². The van der Waals surface area contributed by atoms with Crippen molar-refractivity contribution in [3.05, 3.63) is 136 Å². The number of ketones is 1. The average Bonchev–Trinajstić information content (AvgIpc) is 3.20. The maximum atomic E-state index is 14.9. The van der Waals surface area contributed by atoms with E-state index in [9.17, 15) is 10.2 Å². The molecule has 0 amide bonds. The quantitative estimate of drug-likeness (QED) is 0.0462. The summed E-state index contributed by atoms with van der Waals surface area (Å²) in [4.78, 5) is 23.5. The van der Waals surface area contributed by atoms with Crippen LogP contribution in [0, 0.1) is 6.57 Å². The van der Waals surface area contributed by atoms with Crippen LogP contribution >= 0.6 is 0 Å². The number of carbonyl (C=O) groups is 1. The van der Waals surface area contributed by atoms with E-state index in [1.807, 2.05) is 18.2 Å². The number of anilines is 2. The third-order valence-electron chi connectivity index (χ3n) is 11.4. The molecule has 1 aliphatic carbocycles. The van der Waals surface area contributed by atoms with E-state index < -0.39 is 5.92 Å². The number of Topliss-reactive ketones (excluding diaryl/α,β-unsaturated/α-hetero) is 1. The highest BCUT2D eigenvalue weighted by Crippen LogP contribution is 2.52. The van der Waals surface area contributed by atoms with Crippen molar-refractivity contribution in [3.8, 4) is 0 Å². The number of unbranched alkanes of at least 4 members (excludes halogenated alkanes) is 4. The molecular weight excluding hydrogens is 661 g/mol. The largest absolute Gasteiger partial charge is 0.775 e. The maximum absolute atomic E-state index is 14.9. The first-order valence-electron chi connectivity index (χ1n) is 19.8. The fourth-order valence-corrected chi connectivity index (χ4v) is 8.55. The van der Waals surface area contributed by atoms with Gasteiger partial charge >= 0.3 is 0 Å². The van der Waals surface area contributed by atoms with Crippen molar-refractivity contribution in [3.63, 3.8) is 0 Å². The monoisotopic (exact) mass is 709 g/mol. The van der Waals surface area contributed by atoms with Gasteiger partial charge < -0.3 is 15.2 Å². The van der Waals surface area contributed by atoms with Crippen molar-refractivity contribution in [1.82, 2.24) is 0 Å². The molecule has 7 rings (SSSR count). The normalized spacial score (nSPS) is 14.1. The Labute approximate surface area is 319 Å². The predicted molar refractivity (Wildman–Crippen MR) is 231 cm³/mol. The van der Waals surface area contributed by atoms with E-state index >= 15 is 0 Å². The van der Waals surface area contributed by atoms with Crippen molar-refractivity contribution in [1.29, 1.82) is 0 Å². The van der Waals surface area contributed by atoms with Crippen LogP contribution in [-0.4, -0.2) is 37.8 Å². The molecule has 0 saturated heterocycles. The Morgan fingerprint density at radius 1 is 0.667 bits per heavy atom. The summed E-state index contributed by atoms with van der Waals surface area (Å²) in [5.74, 6) is 1.44. The van der Waals surface area contributed by atoms with Crippen LogP contribution in [0.15, 0.2) is 108 Å². The first kappa shape index (κ1) is 36.7. The van der Waals surface area contributed by atoms with Gasteiger partial charge in [0.05, 0.1) is 12.5 Å². The molecule has 0 spiro atoms. The fraction of sp³-hybridized carbons (Fsp3) is 0.306. The van der Waals surface area contributed by atoms with E-state index in [-0.39, 0.29) is 11.5 Å². The maximum Gasteiger partial charge on any atom is 0.210 e. The second-order valence-electron chi connectivity index (χ2n) is 14.5. The summed E-state index contributed by atoms with van der Waals surface area (Å²) in [6.07, 6.45) is 6.94. The number of hydrogen-bond acceptors (Lipinski definition) is 3. The summed E-state index contributed by atoms with van der Waals surface area (Å²) in [6.45, 7) is 20.6. The molecule has 1 atom stereocenters. The summed E-state index contributed by atoms with van der Waals surface area (Å²) in [5, 5.41) is 19.0. The van der Waals surface area contributed by atoms with Gasteiger partial charge in [0.15, 0.2) is 5.78 Å². The van der Waals surface area contributed by atoms with E-state index in [1.54, 1.807) is 0 Å². The number of carbonyl (C=O) groups excluding carboxylic acids is 1. The molecule has 0 fully saturated rings. The van der Waals surface area contributed by atoms with Crippen LogP contribution in [-0.2, 0) is 4.79 Å². The van der Waals surface area contributed by atoms with Gasteiger partial charge in [-0.25, -0.2) is 4.85 Å². The molecule has 6 aromatic carbocycles. The van der Waals surface area contributed by atoms with Gasteiger partial charge in [-0.15, -0.1) is 0 Å². The van der Waals surface area contributed by atoms with Gasteiger partial charge in [0.1, 0.15) is 0 Å². The molecule has 0 aromatic heterocycles. The number of rotatable bonds is 15. The molecule has 54 heavy (non-hydrogen) atoms. The lowest BCUT2D eigenvalue weighted by Gasteiger charge is -2.35. The lowest BCUT2D eigenvalue weighted by atomic mass is 9.67. The van der Waals surface area contributed by atoms with E-state index in [1.165, 1.54) is 18.5 Å². The third-order valence-corrected chi connectivity index (χ3v) is 11.4. The summed E-state index contributed by atoms with van der Waals surface area (Å²) in [7, 11) is 0. The average molecular weight is 710 g/mol. The third kappa shape index (κ3) is 6.57. The minimum absolute atomic E-state index is 0.0184. The number of fused-ring (bicyclic) bond motifs is 4. The van der Waals surface area contributed by atoms with Gasteiger partial charge in [0.2, 0.25) is 5.70 Å². The Kier molecular flexibility index (Phi) is 11.0. The van der Waals surface area contributed by atoms with Crippen molar-refractivity contribution >= 4 is 71.7 Å². The van der Waals surface area contributed by atoms with E-state index in [2.05, 4.69) is 127 Å². The van der Waals surface area contributed by atoms with Gasteiger partial charge in [-0.1, -0.05) is 100 Å². The highest BCUT2D eigenvalue weighted by atomic mass is 16.1. The molecule has 1 unspecified atom stereocenters. The molecule has 0 N–H and O–H groups in total. The molecule has 0 heterocycles.